The number of aryl methyl sites for hydroxylation is 2. The van der Waals surface area contributed by atoms with Crippen molar-refractivity contribution in [1.82, 2.24) is 0 Å². The lowest BCUT2D eigenvalue weighted by atomic mass is 9.92. The molecule has 58 heavy (non-hydrogen) atoms. The minimum Gasteiger partial charge on any atom is -0.456 e. The Morgan fingerprint density at radius 3 is 1.95 bits per heavy atom. The van der Waals surface area contributed by atoms with Crippen LogP contribution in [0, 0.1) is 13.8 Å². The molecule has 1 aliphatic heterocycles. The first-order valence-corrected chi connectivity index (χ1v) is 20.0. The monoisotopic (exact) mass is 781 g/mol. The minimum atomic E-state index is -4.63. The Morgan fingerprint density at radius 2 is 1.22 bits per heavy atom. The smallest absolute Gasteiger partial charge is 0.295 e. The Bertz CT molecular complexity index is 3650. The summed E-state index contributed by atoms with van der Waals surface area (Å²) >= 11 is 0. The summed E-state index contributed by atoms with van der Waals surface area (Å²) in [5, 5.41) is 2.89. The Hall–Kier alpha value is -7.14. The molecule has 10 heteroatoms. The van der Waals surface area contributed by atoms with Crippen LogP contribution in [0.2, 0.25) is 0 Å². The minimum absolute atomic E-state index is 0.111. The van der Waals surface area contributed by atoms with E-state index in [0.717, 1.165) is 22.3 Å². The lowest BCUT2D eigenvalue weighted by Crippen LogP contribution is -2.07. The van der Waals surface area contributed by atoms with Crippen molar-refractivity contribution in [1.29, 1.82) is 0 Å². The topological polar surface area (TPSA) is 140 Å². The van der Waals surface area contributed by atoms with Gasteiger partial charge < -0.3 is 13.3 Å². The summed E-state index contributed by atoms with van der Waals surface area (Å²) in [4.78, 5) is 32.4. The maximum atomic E-state index is 13.9. The van der Waals surface area contributed by atoms with Crippen molar-refractivity contribution in [3.63, 3.8) is 0 Å². The first-order chi connectivity index (χ1) is 28.0. The predicted octanol–water partition coefficient (Wildman–Crippen LogP) is 10.4. The van der Waals surface area contributed by atoms with Crippen LogP contribution < -0.4 is 16.2 Å². The first kappa shape index (κ1) is 35.3. The lowest BCUT2D eigenvalue weighted by Gasteiger charge is -2.18. The second kappa shape index (κ2) is 13.2. The highest BCUT2D eigenvalue weighted by molar-refractivity contribution is 7.86. The van der Waals surface area contributed by atoms with Crippen molar-refractivity contribution in [3.8, 4) is 22.5 Å². The van der Waals surface area contributed by atoms with Gasteiger partial charge in [-0.2, -0.15) is 8.42 Å². The van der Waals surface area contributed by atoms with Gasteiger partial charge in [-0.25, -0.2) is 4.99 Å². The largest absolute Gasteiger partial charge is 0.456 e. The molecule has 1 N–H and O–H groups in total. The highest BCUT2D eigenvalue weighted by atomic mass is 32.2. The van der Waals surface area contributed by atoms with E-state index in [2.05, 4.69) is 0 Å². The Labute approximate surface area is 329 Å². The zero-order chi connectivity index (χ0) is 39.9. The van der Waals surface area contributed by atoms with E-state index in [1.54, 1.807) is 72.8 Å². The zero-order valence-corrected chi connectivity index (χ0v) is 31.9. The molecule has 0 saturated heterocycles. The van der Waals surface area contributed by atoms with Crippen molar-refractivity contribution in [2.75, 3.05) is 0 Å². The molecule has 0 bridgehead atoms. The second-order valence-corrected chi connectivity index (χ2v) is 15.8. The number of benzene rings is 7. The molecule has 0 amide bonds. The van der Waals surface area contributed by atoms with Gasteiger partial charge in [0.05, 0.1) is 32.6 Å². The quantitative estimate of drug-likeness (QED) is 0.134. The predicted molar refractivity (Wildman–Crippen MR) is 226 cm³/mol. The van der Waals surface area contributed by atoms with E-state index in [1.807, 2.05) is 68.4 Å². The molecule has 2 aromatic heterocycles. The highest BCUT2D eigenvalue weighted by Gasteiger charge is 2.24. The Morgan fingerprint density at radius 1 is 0.586 bits per heavy atom. The second-order valence-electron chi connectivity index (χ2n) is 14.5. The fourth-order valence-electron chi connectivity index (χ4n) is 8.00. The van der Waals surface area contributed by atoms with Crippen LogP contribution in [0.3, 0.4) is 0 Å². The molecule has 0 spiro atoms. The summed E-state index contributed by atoms with van der Waals surface area (Å²) in [5.41, 5.74) is 7.17. The molecule has 0 unspecified atom stereocenters. The molecule has 2 aliphatic rings. The van der Waals surface area contributed by atoms with E-state index < -0.39 is 10.1 Å². The molecule has 0 saturated carbocycles. The fourth-order valence-corrected chi connectivity index (χ4v) is 8.70. The maximum Gasteiger partial charge on any atom is 0.295 e. The van der Waals surface area contributed by atoms with Gasteiger partial charge in [-0.1, -0.05) is 72.8 Å². The molecule has 8 aromatic rings. The average molecular weight is 782 g/mol. The van der Waals surface area contributed by atoms with Gasteiger partial charge in [-0.05, 0) is 97.1 Å². The molecule has 0 radical (unpaired) electrons. The van der Waals surface area contributed by atoms with Gasteiger partial charge in [0, 0.05) is 28.1 Å². The normalized spacial score (nSPS) is 12.5. The zero-order valence-electron chi connectivity index (χ0n) is 31.1. The van der Waals surface area contributed by atoms with E-state index in [-0.39, 0.29) is 21.3 Å². The summed E-state index contributed by atoms with van der Waals surface area (Å²) in [5.74, 6) is 0.382. The fraction of sp³-hybridized carbons (Fsp3) is 0.0625. The molecular formula is C48H31NO8S. The van der Waals surface area contributed by atoms with E-state index >= 15 is 0 Å². The van der Waals surface area contributed by atoms with Crippen LogP contribution in [0.5, 0.6) is 0 Å². The summed E-state index contributed by atoms with van der Waals surface area (Å²) in [6.45, 7) is 3.79. The SMILES string of the molecule is Cc1ccc(Cc2ccc3c(-c4ccccc4S(=O)(=O)O)c4ccc(=Nc5ccc(C)c6oc7ccccc7c(=O)c56)cc-4oc3c2)c2c(=O)c3ccccc3oc12. The molecule has 1 aliphatic carbocycles. The van der Waals surface area contributed by atoms with E-state index in [1.165, 1.54) is 6.07 Å². The number of hydrogen-bond acceptors (Lipinski definition) is 8. The van der Waals surface area contributed by atoms with Gasteiger partial charge in [0.15, 0.2) is 0 Å². The number of nitrogens with zero attached hydrogens (tertiary/aromatic N) is 1. The van der Waals surface area contributed by atoms with Crippen LogP contribution in [0.25, 0.3) is 77.3 Å². The van der Waals surface area contributed by atoms with E-state index in [4.69, 9.17) is 18.2 Å². The third-order valence-electron chi connectivity index (χ3n) is 10.8. The molecule has 10 rings (SSSR count). The Kier molecular flexibility index (Phi) is 8.05. The molecule has 6 aromatic carbocycles. The number of rotatable bonds is 5. The summed E-state index contributed by atoms with van der Waals surface area (Å²) in [7, 11) is -4.63. The number of para-hydroxylation sites is 2. The van der Waals surface area contributed by atoms with Crippen LogP contribution in [-0.4, -0.2) is 13.0 Å². The van der Waals surface area contributed by atoms with Gasteiger partial charge in [0.25, 0.3) is 10.1 Å². The van der Waals surface area contributed by atoms with Gasteiger partial charge in [-0.3, -0.25) is 14.1 Å². The maximum absolute atomic E-state index is 13.9. The Balaban J connectivity index is 1.20. The van der Waals surface area contributed by atoms with Crippen molar-refractivity contribution < 1.29 is 26.2 Å². The summed E-state index contributed by atoms with van der Waals surface area (Å²) in [6, 6.07) is 39.0. The third kappa shape index (κ3) is 5.72. The lowest BCUT2D eigenvalue weighted by molar-refractivity contribution is 0.483. The van der Waals surface area contributed by atoms with E-state index in [0.29, 0.717) is 89.2 Å². The molecule has 282 valence electrons. The van der Waals surface area contributed by atoms with Crippen LogP contribution in [0.1, 0.15) is 22.3 Å². The summed E-state index contributed by atoms with van der Waals surface area (Å²) in [6.07, 6.45) is 0.369. The molecule has 0 fully saturated rings. The van der Waals surface area contributed by atoms with Crippen molar-refractivity contribution in [3.05, 3.63) is 182 Å². The first-order valence-electron chi connectivity index (χ1n) is 18.5. The van der Waals surface area contributed by atoms with Crippen LogP contribution >= 0.6 is 0 Å². The third-order valence-corrected chi connectivity index (χ3v) is 11.7. The van der Waals surface area contributed by atoms with Gasteiger partial charge in [0.1, 0.15) is 38.6 Å². The molecular weight excluding hydrogens is 751 g/mol. The van der Waals surface area contributed by atoms with E-state index in [9.17, 15) is 22.6 Å². The molecule has 9 nitrogen and oxygen atoms in total. The van der Waals surface area contributed by atoms with Crippen molar-refractivity contribution in [2.45, 2.75) is 25.2 Å². The van der Waals surface area contributed by atoms with Crippen LogP contribution in [-0.2, 0) is 16.5 Å². The van der Waals surface area contributed by atoms with Crippen LogP contribution in [0.15, 0.2) is 166 Å². The summed E-state index contributed by atoms with van der Waals surface area (Å²) < 4.78 is 54.9. The van der Waals surface area contributed by atoms with Gasteiger partial charge in [0.2, 0.25) is 10.9 Å². The highest BCUT2D eigenvalue weighted by Crippen LogP contribution is 2.43. The van der Waals surface area contributed by atoms with Gasteiger partial charge >= 0.3 is 0 Å². The average Bonchev–Trinajstić information content (AvgIpc) is 3.22. The van der Waals surface area contributed by atoms with Crippen molar-refractivity contribution in [2.24, 2.45) is 4.99 Å². The molecule has 3 heterocycles. The van der Waals surface area contributed by atoms with Crippen molar-refractivity contribution >= 4 is 70.7 Å². The standard InChI is InChI=1S/C48H31NO8S/c1-26-15-18-29(42-45(50)33-9-3-6-12-37(33)56-47(26)42)23-28-17-20-31-39(24-28)55-40-25-30(19-21-32(40)43(31)35-11-5-8-14-41(35)58(52,53)54)49-36-22-16-27(2)48-44(36)46(51)34-10-4-7-13-38(34)57-48/h3-22,24-25H,23H2,1-2H3,(H,52,53,54). The molecule has 0 atom stereocenters. The van der Waals surface area contributed by atoms with Crippen LogP contribution in [0.4, 0.5) is 5.69 Å². The number of hydrogen-bond donors (Lipinski definition) is 1. The van der Waals surface area contributed by atoms with Gasteiger partial charge in [-0.15, -0.1) is 0 Å². The number of fused-ring (bicyclic) bond motifs is 6.